The van der Waals surface area contributed by atoms with Crippen LogP contribution in [0.25, 0.3) is 11.3 Å². The highest BCUT2D eigenvalue weighted by Gasteiger charge is 2.29. The molecule has 1 amide bonds. The monoisotopic (exact) mass is 421 g/mol. The molecule has 3 aromatic rings. The number of carbonyl (C=O) groups is 1. The van der Waals surface area contributed by atoms with Gasteiger partial charge in [0.05, 0.1) is 17.0 Å². The van der Waals surface area contributed by atoms with Crippen LogP contribution in [0.1, 0.15) is 29.7 Å². The third-order valence-electron chi connectivity index (χ3n) is 5.85. The van der Waals surface area contributed by atoms with Crippen LogP contribution in [0.5, 0.6) is 0 Å². The number of fused-ring (bicyclic) bond motifs is 1. The maximum atomic E-state index is 12.7. The third-order valence-corrected chi connectivity index (χ3v) is 6.82. The molecule has 4 heterocycles. The van der Waals surface area contributed by atoms with E-state index < -0.39 is 0 Å². The van der Waals surface area contributed by atoms with Gasteiger partial charge >= 0.3 is 0 Å². The number of amides is 1. The summed E-state index contributed by atoms with van der Waals surface area (Å²) in [6.07, 6.45) is 1.55. The van der Waals surface area contributed by atoms with E-state index in [1.165, 1.54) is 5.56 Å². The first-order chi connectivity index (χ1) is 14.7. The van der Waals surface area contributed by atoms with Gasteiger partial charge in [-0.3, -0.25) is 10.1 Å². The summed E-state index contributed by atoms with van der Waals surface area (Å²) in [6, 6.07) is 12.2. The molecular weight excluding hydrogens is 398 g/mol. The maximum Gasteiger partial charge on any atom is 0.235 e. The predicted octanol–water partition coefficient (Wildman–Crippen LogP) is 4.04. The van der Waals surface area contributed by atoms with Gasteiger partial charge in [-0.25, -0.2) is 0 Å². The van der Waals surface area contributed by atoms with Gasteiger partial charge in [0.2, 0.25) is 11.8 Å². The quantitative estimate of drug-likeness (QED) is 0.680. The number of benzene rings is 1. The minimum absolute atomic E-state index is 0.0199. The average Bonchev–Trinajstić information content (AvgIpc) is 3.40. The maximum absolute atomic E-state index is 12.7. The third kappa shape index (κ3) is 3.67. The van der Waals surface area contributed by atoms with Gasteiger partial charge < -0.3 is 9.42 Å². The fourth-order valence-corrected chi connectivity index (χ4v) is 5.06. The van der Waals surface area contributed by atoms with E-state index in [4.69, 9.17) is 4.52 Å². The SMILES string of the molecule is Cc1ccccc1-c1ccc(N2CCC(C(=O)Nc3onc4c3CSC4)CC2)nn1. The highest BCUT2D eigenvalue weighted by molar-refractivity contribution is 7.98. The van der Waals surface area contributed by atoms with Crippen molar-refractivity contribution < 1.29 is 9.32 Å². The van der Waals surface area contributed by atoms with Crippen molar-refractivity contribution in [2.75, 3.05) is 23.3 Å². The van der Waals surface area contributed by atoms with Gasteiger partial charge in [-0.1, -0.05) is 29.4 Å². The van der Waals surface area contributed by atoms with E-state index >= 15 is 0 Å². The number of anilines is 2. The first-order valence-corrected chi connectivity index (χ1v) is 11.4. The second-order valence-corrected chi connectivity index (χ2v) is 8.76. The van der Waals surface area contributed by atoms with E-state index in [0.717, 1.165) is 65.8 Å². The summed E-state index contributed by atoms with van der Waals surface area (Å²) in [5, 5.41) is 15.9. The Morgan fingerprint density at radius 3 is 2.73 bits per heavy atom. The van der Waals surface area contributed by atoms with Gasteiger partial charge in [0, 0.05) is 36.1 Å². The summed E-state index contributed by atoms with van der Waals surface area (Å²) < 4.78 is 5.32. The molecule has 154 valence electrons. The Labute approximate surface area is 179 Å². The zero-order chi connectivity index (χ0) is 20.5. The second-order valence-electron chi connectivity index (χ2n) is 7.77. The molecule has 0 atom stereocenters. The summed E-state index contributed by atoms with van der Waals surface area (Å²) in [4.78, 5) is 14.9. The molecule has 1 fully saturated rings. The van der Waals surface area contributed by atoms with Crippen LogP contribution < -0.4 is 10.2 Å². The van der Waals surface area contributed by atoms with Gasteiger partial charge in [0.15, 0.2) is 5.82 Å². The zero-order valence-electron chi connectivity index (χ0n) is 16.8. The van der Waals surface area contributed by atoms with Crippen LogP contribution in [0.2, 0.25) is 0 Å². The van der Waals surface area contributed by atoms with Gasteiger partial charge in [-0.15, -0.1) is 10.2 Å². The van der Waals surface area contributed by atoms with Crippen LogP contribution >= 0.6 is 11.8 Å². The number of thioether (sulfide) groups is 1. The first-order valence-electron chi connectivity index (χ1n) is 10.2. The Bertz CT molecular complexity index is 1060. The fourth-order valence-electron chi connectivity index (χ4n) is 4.03. The minimum atomic E-state index is -0.0322. The number of rotatable bonds is 4. The summed E-state index contributed by atoms with van der Waals surface area (Å²) in [5.74, 6) is 3.08. The molecule has 2 aliphatic rings. The fraction of sp³-hybridized carbons (Fsp3) is 0.364. The van der Waals surface area contributed by atoms with E-state index in [1.54, 1.807) is 11.8 Å². The summed E-state index contributed by atoms with van der Waals surface area (Å²) in [6.45, 7) is 3.63. The molecule has 2 aromatic heterocycles. The molecule has 5 rings (SSSR count). The molecule has 0 radical (unpaired) electrons. The molecule has 1 aromatic carbocycles. The number of carbonyl (C=O) groups excluding carboxylic acids is 1. The van der Waals surface area contributed by atoms with Crippen LogP contribution in [0.3, 0.4) is 0 Å². The number of piperidine rings is 1. The van der Waals surface area contributed by atoms with Crippen molar-refractivity contribution in [1.29, 1.82) is 0 Å². The lowest BCUT2D eigenvalue weighted by atomic mass is 9.96. The smallest absolute Gasteiger partial charge is 0.235 e. The molecule has 0 unspecified atom stereocenters. The Kier molecular flexibility index (Phi) is 5.16. The van der Waals surface area contributed by atoms with Crippen molar-refractivity contribution in [2.24, 2.45) is 5.92 Å². The van der Waals surface area contributed by atoms with E-state index in [0.29, 0.717) is 5.88 Å². The van der Waals surface area contributed by atoms with Crippen LogP contribution in [0, 0.1) is 12.8 Å². The first kappa shape index (κ1) is 19.1. The molecule has 1 N–H and O–H groups in total. The van der Waals surface area contributed by atoms with E-state index in [9.17, 15) is 4.79 Å². The summed E-state index contributed by atoms with van der Waals surface area (Å²) in [7, 11) is 0. The Balaban J connectivity index is 1.19. The Hall–Kier alpha value is -2.87. The lowest BCUT2D eigenvalue weighted by Gasteiger charge is -2.31. The highest BCUT2D eigenvalue weighted by Crippen LogP contribution is 2.35. The van der Waals surface area contributed by atoms with Crippen molar-refractivity contribution in [2.45, 2.75) is 31.3 Å². The Morgan fingerprint density at radius 1 is 1.13 bits per heavy atom. The van der Waals surface area contributed by atoms with Gasteiger partial charge in [-0.05, 0) is 37.5 Å². The molecule has 2 aliphatic heterocycles. The van der Waals surface area contributed by atoms with E-state index in [-0.39, 0.29) is 11.8 Å². The van der Waals surface area contributed by atoms with E-state index in [1.807, 2.05) is 24.3 Å². The predicted molar refractivity (Wildman–Crippen MR) is 117 cm³/mol. The van der Waals surface area contributed by atoms with Crippen molar-refractivity contribution in [1.82, 2.24) is 15.4 Å². The topological polar surface area (TPSA) is 84.2 Å². The molecule has 8 heteroatoms. The zero-order valence-corrected chi connectivity index (χ0v) is 17.6. The number of hydrogen-bond donors (Lipinski definition) is 1. The number of aryl methyl sites for hydroxylation is 1. The molecule has 0 bridgehead atoms. The number of nitrogens with one attached hydrogen (secondary N) is 1. The van der Waals surface area contributed by atoms with Gasteiger partial charge in [-0.2, -0.15) is 11.8 Å². The van der Waals surface area contributed by atoms with Crippen LogP contribution in [-0.4, -0.2) is 34.4 Å². The molecule has 30 heavy (non-hydrogen) atoms. The number of nitrogens with zero attached hydrogens (tertiary/aromatic N) is 4. The van der Waals surface area contributed by atoms with E-state index in [2.05, 4.69) is 44.6 Å². The standard InChI is InChI=1S/C22H23N5O2S/c1-14-4-2-3-5-16(14)18-6-7-20(25-24-18)27-10-8-15(9-11-27)21(28)23-22-17-12-30-13-19(17)26-29-22/h2-7,15H,8-13H2,1H3,(H,23,28). The molecule has 1 saturated heterocycles. The van der Waals surface area contributed by atoms with Crippen LogP contribution in [0.15, 0.2) is 40.9 Å². The molecule has 0 saturated carbocycles. The minimum Gasteiger partial charge on any atom is -0.355 e. The van der Waals surface area contributed by atoms with Crippen LogP contribution in [0.4, 0.5) is 11.7 Å². The normalized spacial score (nSPS) is 16.5. The largest absolute Gasteiger partial charge is 0.355 e. The van der Waals surface area contributed by atoms with Crippen molar-refractivity contribution >= 4 is 29.4 Å². The van der Waals surface area contributed by atoms with Crippen LogP contribution in [-0.2, 0) is 16.3 Å². The van der Waals surface area contributed by atoms with Crippen molar-refractivity contribution in [3.05, 3.63) is 53.2 Å². The van der Waals surface area contributed by atoms with Gasteiger partial charge in [0.1, 0.15) is 0 Å². The highest BCUT2D eigenvalue weighted by atomic mass is 32.2. The second kappa shape index (κ2) is 8.10. The molecule has 7 nitrogen and oxygen atoms in total. The lowest BCUT2D eigenvalue weighted by molar-refractivity contribution is -0.120. The lowest BCUT2D eigenvalue weighted by Crippen LogP contribution is -2.38. The number of hydrogen-bond acceptors (Lipinski definition) is 7. The number of aromatic nitrogens is 3. The Morgan fingerprint density at radius 2 is 1.97 bits per heavy atom. The molecule has 0 spiro atoms. The average molecular weight is 422 g/mol. The van der Waals surface area contributed by atoms with Crippen molar-refractivity contribution in [3.8, 4) is 11.3 Å². The van der Waals surface area contributed by atoms with Gasteiger partial charge in [0.25, 0.3) is 0 Å². The molecular formula is C22H23N5O2S. The van der Waals surface area contributed by atoms with Crippen molar-refractivity contribution in [3.63, 3.8) is 0 Å². The summed E-state index contributed by atoms with van der Waals surface area (Å²) >= 11 is 1.79. The summed E-state index contributed by atoms with van der Waals surface area (Å²) in [5.41, 5.74) is 5.16. The molecule has 0 aliphatic carbocycles.